The molecule has 0 aromatic heterocycles. The minimum absolute atomic E-state index is 0.0661. The number of nitrogens with one attached hydrogen (secondary N) is 2. The molecule has 0 unspecified atom stereocenters. The number of aryl methyl sites for hydroxylation is 2. The first-order valence-electron chi connectivity index (χ1n) is 11.5. The second-order valence-electron chi connectivity index (χ2n) is 8.30. The summed E-state index contributed by atoms with van der Waals surface area (Å²) in [7, 11) is -7.89. The summed E-state index contributed by atoms with van der Waals surface area (Å²) in [4.78, 5) is 4.72. The van der Waals surface area contributed by atoms with E-state index in [0.29, 0.717) is 24.1 Å². The zero-order chi connectivity index (χ0) is 26.2. The Hall–Kier alpha value is -3.50. The van der Waals surface area contributed by atoms with E-state index in [1.54, 1.807) is 48.5 Å². The number of unbranched alkanes of at least 4 members (excludes halogenated alkanes) is 1. The largest absolute Gasteiger partial charge is 0.276 e. The fourth-order valence-electron chi connectivity index (χ4n) is 3.22. The van der Waals surface area contributed by atoms with Crippen LogP contribution in [-0.2, 0) is 20.0 Å². The molecule has 0 spiro atoms. The average molecular weight is 527 g/mol. The van der Waals surface area contributed by atoms with Gasteiger partial charge in [-0.3, -0.25) is 0 Å². The van der Waals surface area contributed by atoms with E-state index in [9.17, 15) is 16.8 Å². The molecule has 0 heterocycles. The van der Waals surface area contributed by atoms with Gasteiger partial charge in [-0.2, -0.15) is 36.7 Å². The van der Waals surface area contributed by atoms with Gasteiger partial charge in [-0.15, -0.1) is 0 Å². The summed E-state index contributed by atoms with van der Waals surface area (Å²) in [6.45, 7) is 5.72. The first kappa shape index (κ1) is 27.1. The molecule has 3 rings (SSSR count). The third-order valence-electron chi connectivity index (χ3n) is 5.33. The molecular formula is C26H30N4O4S2. The molecule has 0 aliphatic rings. The minimum atomic E-state index is -3.96. The van der Waals surface area contributed by atoms with Crippen molar-refractivity contribution in [3.05, 3.63) is 95.6 Å². The van der Waals surface area contributed by atoms with Gasteiger partial charge in [0.1, 0.15) is 5.71 Å². The van der Waals surface area contributed by atoms with Crippen molar-refractivity contribution < 1.29 is 16.8 Å². The quantitative estimate of drug-likeness (QED) is 0.282. The van der Waals surface area contributed by atoms with E-state index < -0.39 is 20.0 Å². The van der Waals surface area contributed by atoms with Crippen LogP contribution in [0.4, 0.5) is 0 Å². The summed E-state index contributed by atoms with van der Waals surface area (Å²) in [5.41, 5.74) is 2.99. The molecule has 3 aromatic rings. The van der Waals surface area contributed by atoms with Crippen LogP contribution in [-0.4, -0.2) is 28.3 Å². The molecule has 0 saturated heterocycles. The lowest BCUT2D eigenvalue weighted by Gasteiger charge is -2.13. The van der Waals surface area contributed by atoms with Crippen molar-refractivity contribution in [3.8, 4) is 0 Å². The molecule has 0 radical (unpaired) electrons. The fraction of sp³-hybridized carbons (Fsp3) is 0.231. The van der Waals surface area contributed by atoms with E-state index in [1.165, 1.54) is 24.3 Å². The first-order valence-corrected chi connectivity index (χ1v) is 14.5. The Kier molecular flexibility index (Phi) is 9.00. The Bertz CT molecular complexity index is 1430. The molecule has 0 bridgehead atoms. The highest BCUT2D eigenvalue weighted by molar-refractivity contribution is 7.89. The van der Waals surface area contributed by atoms with Crippen LogP contribution in [0.5, 0.6) is 0 Å². The molecule has 0 aliphatic carbocycles. The van der Waals surface area contributed by atoms with E-state index in [4.69, 9.17) is 0 Å². The normalized spacial score (nSPS) is 12.9. The van der Waals surface area contributed by atoms with Crippen LogP contribution in [0.3, 0.4) is 0 Å². The second kappa shape index (κ2) is 12.0. The maximum atomic E-state index is 12.9. The van der Waals surface area contributed by atoms with Gasteiger partial charge in [0.15, 0.2) is 0 Å². The smallest absolute Gasteiger partial charge is 0.200 e. The molecule has 8 nitrogen and oxygen atoms in total. The van der Waals surface area contributed by atoms with E-state index in [-0.39, 0.29) is 15.5 Å². The third kappa shape index (κ3) is 7.25. The lowest BCUT2D eigenvalue weighted by molar-refractivity contribution is 0.582. The number of rotatable bonds is 11. The first-order chi connectivity index (χ1) is 17.1. The van der Waals surface area contributed by atoms with Crippen molar-refractivity contribution in [2.24, 2.45) is 10.2 Å². The molecule has 0 amide bonds. The van der Waals surface area contributed by atoms with Crippen molar-refractivity contribution in [1.29, 1.82) is 0 Å². The van der Waals surface area contributed by atoms with Crippen LogP contribution in [0.25, 0.3) is 0 Å². The van der Waals surface area contributed by atoms with Gasteiger partial charge in [0.2, 0.25) is 0 Å². The van der Waals surface area contributed by atoms with E-state index in [2.05, 4.69) is 19.9 Å². The van der Waals surface area contributed by atoms with Crippen LogP contribution in [0.1, 0.15) is 42.9 Å². The number of hydrogen-bond acceptors (Lipinski definition) is 6. The summed E-state index contributed by atoms with van der Waals surface area (Å²) in [5, 5.41) is 8.42. The zero-order valence-electron chi connectivity index (χ0n) is 20.5. The maximum Gasteiger partial charge on any atom is 0.276 e. The summed E-state index contributed by atoms with van der Waals surface area (Å²) < 4.78 is 51.4. The number of nitrogens with zero attached hydrogens (tertiary/aromatic N) is 2. The predicted molar refractivity (Wildman–Crippen MR) is 143 cm³/mol. The van der Waals surface area contributed by atoms with Gasteiger partial charge in [-0.1, -0.05) is 79.1 Å². The number of sulfonamides is 2. The van der Waals surface area contributed by atoms with Gasteiger partial charge in [0, 0.05) is 5.56 Å². The highest BCUT2D eigenvalue weighted by atomic mass is 32.2. The molecule has 0 aliphatic heterocycles. The molecule has 36 heavy (non-hydrogen) atoms. The Labute approximate surface area is 213 Å². The molecule has 2 N–H and O–H groups in total. The monoisotopic (exact) mass is 526 g/mol. The minimum Gasteiger partial charge on any atom is -0.200 e. The predicted octanol–water partition coefficient (Wildman–Crippen LogP) is 4.51. The van der Waals surface area contributed by atoms with Gasteiger partial charge in [0.05, 0.1) is 15.5 Å². The van der Waals surface area contributed by atoms with Gasteiger partial charge >= 0.3 is 0 Å². The Balaban J connectivity index is 2.01. The number of hydrogen-bond donors (Lipinski definition) is 2. The van der Waals surface area contributed by atoms with Gasteiger partial charge in [-0.05, 0) is 51.0 Å². The standard InChI is InChI=1S/C26H30N4O4S2/c1-4-5-11-25(27-29-35(31,32)23-16-12-20(2)13-17-23)26(22-9-7-6-8-10-22)28-30-36(33,34)24-18-14-21(3)15-19-24/h6-10,12-19,29-30H,4-5,11H2,1-3H3/b27-25+,28-26-. The van der Waals surface area contributed by atoms with Crippen LogP contribution >= 0.6 is 0 Å². The lowest BCUT2D eigenvalue weighted by Crippen LogP contribution is -2.27. The van der Waals surface area contributed by atoms with Crippen molar-refractivity contribution >= 4 is 31.5 Å². The summed E-state index contributed by atoms with van der Waals surface area (Å²) in [6.07, 6.45) is 1.90. The molecule has 3 aromatic carbocycles. The van der Waals surface area contributed by atoms with Crippen LogP contribution in [0.15, 0.2) is 98.9 Å². The second-order valence-corrected chi connectivity index (χ2v) is 11.6. The summed E-state index contributed by atoms with van der Waals surface area (Å²) in [6, 6.07) is 21.7. The van der Waals surface area contributed by atoms with Crippen molar-refractivity contribution in [2.45, 2.75) is 49.8 Å². The van der Waals surface area contributed by atoms with E-state index >= 15 is 0 Å². The van der Waals surface area contributed by atoms with Crippen molar-refractivity contribution in [3.63, 3.8) is 0 Å². The van der Waals surface area contributed by atoms with Crippen molar-refractivity contribution in [2.75, 3.05) is 0 Å². The van der Waals surface area contributed by atoms with Crippen LogP contribution < -0.4 is 9.66 Å². The van der Waals surface area contributed by atoms with Gasteiger partial charge in [0.25, 0.3) is 20.0 Å². The average Bonchev–Trinajstić information content (AvgIpc) is 2.86. The van der Waals surface area contributed by atoms with E-state index in [1.807, 2.05) is 26.8 Å². The Morgan fingerprint density at radius 3 is 1.64 bits per heavy atom. The topological polar surface area (TPSA) is 117 Å². The number of hydrazone groups is 2. The lowest BCUT2D eigenvalue weighted by atomic mass is 10.0. The van der Waals surface area contributed by atoms with Crippen LogP contribution in [0, 0.1) is 13.8 Å². The van der Waals surface area contributed by atoms with Gasteiger partial charge < -0.3 is 0 Å². The highest BCUT2D eigenvalue weighted by Gasteiger charge is 2.19. The molecular weight excluding hydrogens is 496 g/mol. The fourth-order valence-corrected chi connectivity index (χ4v) is 4.87. The number of benzene rings is 3. The molecule has 0 atom stereocenters. The summed E-state index contributed by atoms with van der Waals surface area (Å²) in [5.74, 6) is 0. The van der Waals surface area contributed by atoms with Crippen molar-refractivity contribution in [1.82, 2.24) is 9.66 Å². The van der Waals surface area contributed by atoms with E-state index in [0.717, 1.165) is 17.5 Å². The van der Waals surface area contributed by atoms with Gasteiger partial charge in [-0.25, -0.2) is 0 Å². The Morgan fingerprint density at radius 2 is 1.17 bits per heavy atom. The maximum absolute atomic E-state index is 12.9. The zero-order valence-corrected chi connectivity index (χ0v) is 22.1. The van der Waals surface area contributed by atoms with Crippen LogP contribution in [0.2, 0.25) is 0 Å². The molecule has 10 heteroatoms. The molecule has 0 saturated carbocycles. The SMILES string of the molecule is CCCCC(=N\NS(=O)(=O)c1ccc(C)cc1)/C(=N\NS(=O)(=O)c1ccc(C)cc1)c1ccccc1. The summed E-state index contributed by atoms with van der Waals surface area (Å²) >= 11 is 0. The molecule has 190 valence electrons. The highest BCUT2D eigenvalue weighted by Crippen LogP contribution is 2.14. The molecule has 0 fully saturated rings. The third-order valence-corrected chi connectivity index (χ3v) is 7.78. The Morgan fingerprint density at radius 1 is 0.694 bits per heavy atom.